The predicted molar refractivity (Wildman–Crippen MR) is 76.5 cm³/mol. The SMILES string of the molecule is CCOC(=O)COCCNc1cccc(C(C)C)c1. The lowest BCUT2D eigenvalue weighted by Gasteiger charge is -2.10. The Hall–Kier alpha value is -1.55. The van der Waals surface area contributed by atoms with Crippen LogP contribution in [0.4, 0.5) is 5.69 Å². The molecule has 0 saturated carbocycles. The summed E-state index contributed by atoms with van der Waals surface area (Å²) in [6.45, 7) is 7.67. The van der Waals surface area contributed by atoms with Crippen LogP contribution in [0.3, 0.4) is 0 Å². The van der Waals surface area contributed by atoms with Gasteiger partial charge in [-0.15, -0.1) is 0 Å². The molecule has 0 spiro atoms. The number of rotatable bonds is 8. The fourth-order valence-corrected chi connectivity index (χ4v) is 1.63. The van der Waals surface area contributed by atoms with Crippen molar-refractivity contribution in [1.29, 1.82) is 0 Å². The lowest BCUT2D eigenvalue weighted by molar-refractivity contribution is -0.148. The number of carbonyl (C=O) groups is 1. The molecular formula is C15H23NO3. The van der Waals surface area contributed by atoms with E-state index in [1.165, 1.54) is 5.56 Å². The quantitative estimate of drug-likeness (QED) is 0.580. The summed E-state index contributed by atoms with van der Waals surface area (Å²) >= 11 is 0. The Balaban J connectivity index is 2.22. The molecule has 0 radical (unpaired) electrons. The van der Waals surface area contributed by atoms with E-state index in [-0.39, 0.29) is 12.6 Å². The van der Waals surface area contributed by atoms with E-state index in [9.17, 15) is 4.79 Å². The van der Waals surface area contributed by atoms with Crippen LogP contribution in [0.15, 0.2) is 24.3 Å². The highest BCUT2D eigenvalue weighted by molar-refractivity contribution is 5.70. The van der Waals surface area contributed by atoms with E-state index >= 15 is 0 Å². The summed E-state index contributed by atoms with van der Waals surface area (Å²) in [4.78, 5) is 11.0. The number of hydrogen-bond acceptors (Lipinski definition) is 4. The Morgan fingerprint density at radius 1 is 1.37 bits per heavy atom. The van der Waals surface area contributed by atoms with Gasteiger partial charge in [0.1, 0.15) is 6.61 Å². The minimum Gasteiger partial charge on any atom is -0.464 e. The van der Waals surface area contributed by atoms with Gasteiger partial charge in [-0.1, -0.05) is 26.0 Å². The van der Waals surface area contributed by atoms with E-state index in [0.29, 0.717) is 25.7 Å². The largest absolute Gasteiger partial charge is 0.464 e. The van der Waals surface area contributed by atoms with Crippen molar-refractivity contribution in [2.75, 3.05) is 31.7 Å². The third-order valence-corrected chi connectivity index (χ3v) is 2.65. The third-order valence-electron chi connectivity index (χ3n) is 2.65. The smallest absolute Gasteiger partial charge is 0.332 e. The van der Waals surface area contributed by atoms with Gasteiger partial charge in [0.15, 0.2) is 0 Å². The zero-order chi connectivity index (χ0) is 14.1. The minimum absolute atomic E-state index is 0.0154. The van der Waals surface area contributed by atoms with E-state index in [1.54, 1.807) is 6.92 Å². The maximum atomic E-state index is 11.0. The fourth-order valence-electron chi connectivity index (χ4n) is 1.63. The van der Waals surface area contributed by atoms with Crippen molar-refractivity contribution in [2.45, 2.75) is 26.7 Å². The van der Waals surface area contributed by atoms with E-state index < -0.39 is 0 Å². The molecule has 1 aromatic rings. The number of hydrogen-bond donors (Lipinski definition) is 1. The summed E-state index contributed by atoms with van der Waals surface area (Å²) in [6, 6.07) is 8.32. The molecule has 0 aliphatic carbocycles. The molecule has 19 heavy (non-hydrogen) atoms. The van der Waals surface area contributed by atoms with Crippen LogP contribution in [0.5, 0.6) is 0 Å². The molecular weight excluding hydrogens is 242 g/mol. The summed E-state index contributed by atoms with van der Waals surface area (Å²) < 4.78 is 9.97. The molecule has 0 saturated heterocycles. The van der Waals surface area contributed by atoms with Gasteiger partial charge >= 0.3 is 5.97 Å². The first-order valence-electron chi connectivity index (χ1n) is 6.70. The second kappa shape index (κ2) is 8.53. The summed E-state index contributed by atoms with van der Waals surface area (Å²) in [5.74, 6) is 0.200. The van der Waals surface area contributed by atoms with Crippen LogP contribution in [0, 0.1) is 0 Å². The molecule has 1 aromatic carbocycles. The van der Waals surface area contributed by atoms with E-state index in [1.807, 2.05) is 12.1 Å². The highest BCUT2D eigenvalue weighted by Crippen LogP contribution is 2.18. The Labute approximate surface area is 115 Å². The Bertz CT molecular complexity index is 391. The van der Waals surface area contributed by atoms with E-state index in [0.717, 1.165) is 5.69 Å². The van der Waals surface area contributed by atoms with Crippen molar-refractivity contribution >= 4 is 11.7 Å². The minimum atomic E-state index is -0.315. The number of benzene rings is 1. The zero-order valence-electron chi connectivity index (χ0n) is 11.9. The van der Waals surface area contributed by atoms with Gasteiger partial charge in [0.2, 0.25) is 0 Å². The Kier molecular flexibility index (Phi) is 6.97. The zero-order valence-corrected chi connectivity index (χ0v) is 11.9. The molecule has 0 fully saturated rings. The van der Waals surface area contributed by atoms with Crippen LogP contribution in [0.1, 0.15) is 32.3 Å². The molecule has 0 aromatic heterocycles. The summed E-state index contributed by atoms with van der Waals surface area (Å²) in [5.41, 5.74) is 2.38. The van der Waals surface area contributed by atoms with Crippen LogP contribution < -0.4 is 5.32 Å². The molecule has 4 heteroatoms. The van der Waals surface area contributed by atoms with Gasteiger partial charge in [0, 0.05) is 12.2 Å². The highest BCUT2D eigenvalue weighted by atomic mass is 16.6. The first kappa shape index (κ1) is 15.5. The van der Waals surface area contributed by atoms with Crippen molar-refractivity contribution in [3.05, 3.63) is 29.8 Å². The molecule has 0 heterocycles. The lowest BCUT2D eigenvalue weighted by atomic mass is 10.0. The number of nitrogens with one attached hydrogen (secondary N) is 1. The van der Waals surface area contributed by atoms with Crippen LogP contribution >= 0.6 is 0 Å². The first-order chi connectivity index (χ1) is 9.13. The fraction of sp³-hybridized carbons (Fsp3) is 0.533. The Morgan fingerprint density at radius 2 is 2.16 bits per heavy atom. The number of ether oxygens (including phenoxy) is 2. The van der Waals surface area contributed by atoms with E-state index in [4.69, 9.17) is 9.47 Å². The van der Waals surface area contributed by atoms with Gasteiger partial charge in [0.05, 0.1) is 13.2 Å². The third kappa shape index (κ3) is 6.25. The average Bonchev–Trinajstić information content (AvgIpc) is 2.39. The summed E-state index contributed by atoms with van der Waals surface area (Å²) in [7, 11) is 0. The average molecular weight is 265 g/mol. The monoisotopic (exact) mass is 265 g/mol. The van der Waals surface area contributed by atoms with Crippen molar-refractivity contribution in [3.8, 4) is 0 Å². The van der Waals surface area contributed by atoms with Crippen molar-refractivity contribution in [1.82, 2.24) is 0 Å². The standard InChI is InChI=1S/C15H23NO3/c1-4-19-15(17)11-18-9-8-16-14-7-5-6-13(10-14)12(2)3/h5-7,10,12,16H,4,8-9,11H2,1-3H3. The van der Waals surface area contributed by atoms with E-state index in [2.05, 4.69) is 31.3 Å². The van der Waals surface area contributed by atoms with Crippen LogP contribution in [-0.4, -0.2) is 32.3 Å². The number of anilines is 1. The molecule has 1 N–H and O–H groups in total. The van der Waals surface area contributed by atoms with Crippen molar-refractivity contribution in [2.24, 2.45) is 0 Å². The number of carbonyl (C=O) groups excluding carboxylic acids is 1. The van der Waals surface area contributed by atoms with Crippen molar-refractivity contribution < 1.29 is 14.3 Å². The lowest BCUT2D eigenvalue weighted by Crippen LogP contribution is -2.16. The molecule has 0 aliphatic heterocycles. The molecule has 0 bridgehead atoms. The highest BCUT2D eigenvalue weighted by Gasteiger charge is 2.02. The van der Waals surface area contributed by atoms with Gasteiger partial charge in [-0.05, 0) is 30.5 Å². The molecule has 1 rings (SSSR count). The molecule has 4 nitrogen and oxygen atoms in total. The topological polar surface area (TPSA) is 47.6 Å². The molecule has 0 unspecified atom stereocenters. The van der Waals surface area contributed by atoms with Crippen LogP contribution in [0.25, 0.3) is 0 Å². The van der Waals surface area contributed by atoms with Crippen molar-refractivity contribution in [3.63, 3.8) is 0 Å². The first-order valence-corrected chi connectivity index (χ1v) is 6.70. The normalized spacial score (nSPS) is 10.5. The second-order valence-electron chi connectivity index (χ2n) is 4.56. The van der Waals surface area contributed by atoms with Crippen LogP contribution in [0.2, 0.25) is 0 Å². The molecule has 0 atom stereocenters. The van der Waals surface area contributed by atoms with Gasteiger partial charge < -0.3 is 14.8 Å². The molecule has 0 amide bonds. The van der Waals surface area contributed by atoms with Gasteiger partial charge in [-0.3, -0.25) is 0 Å². The summed E-state index contributed by atoms with van der Waals surface area (Å²) in [6.07, 6.45) is 0. The maximum absolute atomic E-state index is 11.0. The number of esters is 1. The van der Waals surface area contributed by atoms with Gasteiger partial charge in [-0.25, -0.2) is 4.79 Å². The van der Waals surface area contributed by atoms with Gasteiger partial charge in [0.25, 0.3) is 0 Å². The van der Waals surface area contributed by atoms with Crippen LogP contribution in [-0.2, 0) is 14.3 Å². The molecule has 106 valence electrons. The maximum Gasteiger partial charge on any atom is 0.332 e. The second-order valence-corrected chi connectivity index (χ2v) is 4.56. The van der Waals surface area contributed by atoms with Gasteiger partial charge in [-0.2, -0.15) is 0 Å². The predicted octanol–water partition coefficient (Wildman–Crippen LogP) is 2.80. The Morgan fingerprint density at radius 3 is 2.84 bits per heavy atom. The summed E-state index contributed by atoms with van der Waals surface area (Å²) in [5, 5.41) is 3.27. The molecule has 0 aliphatic rings.